The summed E-state index contributed by atoms with van der Waals surface area (Å²) in [4.78, 5) is 9.75. The van der Waals surface area contributed by atoms with Crippen LogP contribution >= 0.6 is 11.3 Å². The van der Waals surface area contributed by atoms with E-state index in [0.717, 1.165) is 79.4 Å². The topological polar surface area (TPSA) is 13.0 Å². The van der Waals surface area contributed by atoms with E-state index in [1.54, 1.807) is 0 Å². The maximum Gasteiger partial charge on any atom is 0.0554 e. The fourth-order valence-corrected chi connectivity index (χ4v) is 21.4. The molecule has 0 bridgehead atoms. The summed E-state index contributed by atoms with van der Waals surface area (Å²) in [5, 5.41) is 14.7. The molecule has 0 saturated heterocycles. The van der Waals surface area contributed by atoms with Gasteiger partial charge in [-0.05, 0) is 295 Å². The summed E-state index contributed by atoms with van der Waals surface area (Å²) in [5.74, 6) is 0. The molecule has 0 atom stereocenters. The van der Waals surface area contributed by atoms with Gasteiger partial charge < -0.3 is 19.6 Å². The van der Waals surface area contributed by atoms with Gasteiger partial charge in [-0.25, -0.2) is 0 Å². The number of thiophene rings is 1. The normalized spacial score (nSPS) is 11.3. The van der Waals surface area contributed by atoms with E-state index in [9.17, 15) is 0 Å². The Labute approximate surface area is 814 Å². The molecule has 25 aromatic rings. The number of nitrogens with zero attached hydrogens (tertiary/aromatic N) is 4. The minimum atomic E-state index is 1.04. The molecule has 0 aliphatic rings. The Morgan fingerprint density at radius 3 is 0.727 bits per heavy atom. The van der Waals surface area contributed by atoms with E-state index in [4.69, 9.17) is 0 Å². The van der Waals surface area contributed by atoms with E-state index in [0.29, 0.717) is 0 Å². The lowest BCUT2D eigenvalue weighted by Gasteiger charge is -2.31. The molecule has 24 aromatic carbocycles. The molecule has 139 heavy (non-hydrogen) atoms. The first-order valence-electron chi connectivity index (χ1n) is 47.5. The molecule has 25 rings (SSSR count). The molecule has 0 aliphatic heterocycles. The first kappa shape index (κ1) is 84.0. The smallest absolute Gasteiger partial charge is 0.0554 e. The first-order chi connectivity index (χ1) is 68.9. The second-order valence-corrected chi connectivity index (χ2v) is 36.5. The second-order valence-electron chi connectivity index (χ2n) is 35.5. The van der Waals surface area contributed by atoms with Gasteiger partial charge in [-0.15, -0.1) is 11.3 Å². The number of benzene rings is 24. The van der Waals surface area contributed by atoms with E-state index >= 15 is 0 Å². The molecule has 0 N–H and O–H groups in total. The van der Waals surface area contributed by atoms with E-state index in [1.807, 2.05) is 11.3 Å². The molecular weight excluding hydrogens is 1700 g/mol. The summed E-state index contributed by atoms with van der Waals surface area (Å²) < 4.78 is 2.53. The highest BCUT2D eigenvalue weighted by molar-refractivity contribution is 7.26. The monoisotopic (exact) mass is 1790 g/mol. The number of anilines is 12. The molecule has 0 radical (unpaired) electrons. The lowest BCUT2D eigenvalue weighted by molar-refractivity contribution is 1.25. The van der Waals surface area contributed by atoms with Crippen LogP contribution in [-0.4, -0.2) is 0 Å². The highest BCUT2D eigenvalue weighted by Crippen LogP contribution is 2.52. The number of hydrogen-bond donors (Lipinski definition) is 0. The Hall–Kier alpha value is -18.0. The molecule has 5 heteroatoms. The Kier molecular flexibility index (Phi) is 22.6. The van der Waals surface area contributed by atoms with Crippen molar-refractivity contribution in [1.82, 2.24) is 0 Å². The third-order valence-electron chi connectivity index (χ3n) is 27.0. The molecule has 0 spiro atoms. The van der Waals surface area contributed by atoms with E-state index in [-0.39, 0.29) is 0 Å². The zero-order valence-corrected chi connectivity index (χ0v) is 77.1. The van der Waals surface area contributed by atoms with Gasteiger partial charge in [0.15, 0.2) is 0 Å². The highest BCUT2D eigenvalue weighted by atomic mass is 32.1. The maximum absolute atomic E-state index is 2.49. The summed E-state index contributed by atoms with van der Waals surface area (Å²) in [7, 11) is 0. The van der Waals surface area contributed by atoms with Crippen molar-refractivity contribution >= 4 is 154 Å². The Balaban J connectivity index is 0.000000151. The zero-order chi connectivity index (χ0) is 92.3. The molecule has 0 unspecified atom stereocenters. The second kappa shape index (κ2) is 37.5. The fraction of sp³-hybridized carbons (Fsp3) is 0. The van der Waals surface area contributed by atoms with Gasteiger partial charge in [0, 0.05) is 82.7 Å². The molecule has 1 heterocycles. The van der Waals surface area contributed by atoms with Gasteiger partial charge >= 0.3 is 0 Å². The summed E-state index contributed by atoms with van der Waals surface area (Å²) in [6.45, 7) is 0. The summed E-state index contributed by atoms with van der Waals surface area (Å²) in [5.41, 5.74) is 31.6. The standard InChI is InChI=1S/C68H46N2S.C66H46N2/c1-4-17-47(18-5-1)50-31-37-55(38-32-50)69(56-39-33-51(34-40-56)48-19-6-2-7-20-48)58-43-54(64-45-53-23-10-11-24-60(53)61-25-12-13-26-62(61)64)44-59(46-58)70(57-41-35-52(36-42-57)49-21-8-3-9-22-49)65-28-16-30-67-68(65)63-27-14-15-29-66(63)71-67;1-4-16-47(17-5-1)51-28-35-57(36-29-51)67(58-37-30-52(31-38-58)48-18-6-2-7-19-48)61-43-56(66-45-55-24-12-13-25-63(55)64-26-14-15-27-65(64)66)44-62(46-61)68(60-41-34-50-22-10-11-23-54(50)42-60)59-39-32-53(33-40-59)49-20-8-3-9-21-49/h1-46H;1-46H. The summed E-state index contributed by atoms with van der Waals surface area (Å²) in [6.07, 6.45) is 0. The van der Waals surface area contributed by atoms with Crippen LogP contribution in [0.1, 0.15) is 0 Å². The van der Waals surface area contributed by atoms with Gasteiger partial charge in [-0.2, -0.15) is 0 Å². The molecule has 654 valence electrons. The van der Waals surface area contributed by atoms with Gasteiger partial charge in [-0.3, -0.25) is 0 Å². The van der Waals surface area contributed by atoms with Crippen molar-refractivity contribution in [3.8, 4) is 89.0 Å². The highest BCUT2D eigenvalue weighted by Gasteiger charge is 2.27. The Bertz CT molecular complexity index is 8580. The number of rotatable bonds is 20. The summed E-state index contributed by atoms with van der Waals surface area (Å²) in [6, 6.07) is 203. The maximum atomic E-state index is 2.49. The predicted molar refractivity (Wildman–Crippen MR) is 596 cm³/mol. The van der Waals surface area contributed by atoms with Crippen LogP contribution in [0.5, 0.6) is 0 Å². The van der Waals surface area contributed by atoms with Crippen LogP contribution in [0.25, 0.3) is 163 Å². The predicted octanol–water partition coefficient (Wildman–Crippen LogP) is 38.7. The van der Waals surface area contributed by atoms with Crippen molar-refractivity contribution in [2.45, 2.75) is 0 Å². The molecule has 0 amide bonds. The lowest BCUT2D eigenvalue weighted by Crippen LogP contribution is -2.14. The number of fused-ring (bicyclic) bond motifs is 10. The largest absolute Gasteiger partial charge is 0.310 e. The van der Waals surface area contributed by atoms with Crippen LogP contribution in [0.15, 0.2) is 558 Å². The van der Waals surface area contributed by atoms with Crippen molar-refractivity contribution in [2.24, 2.45) is 0 Å². The van der Waals surface area contributed by atoms with Crippen LogP contribution in [0.4, 0.5) is 68.2 Å². The average molecular weight is 1790 g/mol. The van der Waals surface area contributed by atoms with E-state index in [1.165, 1.54) is 152 Å². The minimum Gasteiger partial charge on any atom is -0.310 e. The third-order valence-corrected chi connectivity index (χ3v) is 28.1. The fourth-order valence-electron chi connectivity index (χ4n) is 20.2. The quantitative estimate of drug-likeness (QED) is 0.0705. The Morgan fingerprint density at radius 2 is 0.374 bits per heavy atom. The van der Waals surface area contributed by atoms with Crippen molar-refractivity contribution in [2.75, 3.05) is 19.6 Å². The molecule has 4 nitrogen and oxygen atoms in total. The Morgan fingerprint density at radius 1 is 0.122 bits per heavy atom. The van der Waals surface area contributed by atoms with Crippen LogP contribution in [0, 0.1) is 0 Å². The van der Waals surface area contributed by atoms with Crippen molar-refractivity contribution in [1.29, 1.82) is 0 Å². The first-order valence-corrected chi connectivity index (χ1v) is 48.4. The van der Waals surface area contributed by atoms with Crippen molar-refractivity contribution in [3.05, 3.63) is 558 Å². The minimum absolute atomic E-state index is 1.04. The van der Waals surface area contributed by atoms with Gasteiger partial charge in [0.25, 0.3) is 0 Å². The third kappa shape index (κ3) is 16.8. The number of hydrogen-bond acceptors (Lipinski definition) is 5. The van der Waals surface area contributed by atoms with Crippen LogP contribution in [0.2, 0.25) is 0 Å². The van der Waals surface area contributed by atoms with Crippen LogP contribution < -0.4 is 19.6 Å². The summed E-state index contributed by atoms with van der Waals surface area (Å²) >= 11 is 1.85. The van der Waals surface area contributed by atoms with Gasteiger partial charge in [0.05, 0.1) is 5.69 Å². The molecule has 0 aliphatic carbocycles. The molecule has 1 aromatic heterocycles. The van der Waals surface area contributed by atoms with Gasteiger partial charge in [0.1, 0.15) is 0 Å². The van der Waals surface area contributed by atoms with Crippen LogP contribution in [-0.2, 0) is 0 Å². The molecule has 0 saturated carbocycles. The van der Waals surface area contributed by atoms with Crippen LogP contribution in [0.3, 0.4) is 0 Å². The van der Waals surface area contributed by atoms with Crippen molar-refractivity contribution < 1.29 is 0 Å². The van der Waals surface area contributed by atoms with E-state index < -0.39 is 0 Å². The van der Waals surface area contributed by atoms with Gasteiger partial charge in [-0.1, -0.05) is 406 Å². The zero-order valence-electron chi connectivity index (χ0n) is 76.3. The lowest BCUT2D eigenvalue weighted by atomic mass is 9.92. The SMILES string of the molecule is c1ccc(-c2ccc(N(c3ccc(-c4ccccc4)cc3)c3cc(-c4cc5ccccc5c5ccccc45)cc(N(c4ccc(-c5ccccc5)cc4)c4ccc5ccccc5c4)c3)cc2)cc1.c1ccc(-c2ccc(N(c3ccc(-c4ccccc4)cc3)c3cc(-c4cc5ccccc5c5ccccc45)cc(N(c4ccc(-c5ccccc5)cc4)c4cccc5sc6ccccc6c45)c3)cc2)cc1. The van der Waals surface area contributed by atoms with E-state index in [2.05, 4.69) is 578 Å². The molecular formula is C134H92N4S. The van der Waals surface area contributed by atoms with Gasteiger partial charge in [0.2, 0.25) is 0 Å². The average Bonchev–Trinajstić information content (AvgIpc) is 1.72. The molecule has 0 fully saturated rings. The van der Waals surface area contributed by atoms with Crippen molar-refractivity contribution in [3.63, 3.8) is 0 Å².